The van der Waals surface area contributed by atoms with Gasteiger partial charge in [-0.1, -0.05) is 30.3 Å². The van der Waals surface area contributed by atoms with Crippen LogP contribution in [0.4, 0.5) is 4.39 Å². The van der Waals surface area contributed by atoms with Crippen molar-refractivity contribution in [3.8, 4) is 5.75 Å². The van der Waals surface area contributed by atoms with Gasteiger partial charge in [-0.25, -0.2) is 4.39 Å². The summed E-state index contributed by atoms with van der Waals surface area (Å²) in [5.74, 6) is 1.26. The lowest BCUT2D eigenvalue weighted by Crippen LogP contribution is -2.06. The first-order chi connectivity index (χ1) is 10.7. The van der Waals surface area contributed by atoms with Crippen LogP contribution in [0.1, 0.15) is 19.2 Å². The molecule has 1 N–H and O–H groups in total. The third kappa shape index (κ3) is 4.34. The zero-order valence-corrected chi connectivity index (χ0v) is 13.7. The van der Waals surface area contributed by atoms with Crippen LogP contribution in [-0.4, -0.2) is 32.2 Å². The fourth-order valence-electron chi connectivity index (χ4n) is 1.87. The second-order valence-electron chi connectivity index (χ2n) is 4.48. The molecule has 0 saturated heterocycles. The van der Waals surface area contributed by atoms with E-state index in [2.05, 4.69) is 17.1 Å². The molecular weight excluding hydrogens is 329 g/mol. The van der Waals surface area contributed by atoms with Gasteiger partial charge < -0.3 is 14.4 Å². The van der Waals surface area contributed by atoms with Gasteiger partial charge in [0.25, 0.3) is 0 Å². The van der Waals surface area contributed by atoms with Gasteiger partial charge in [-0.15, -0.1) is 10.2 Å². The number of ether oxygens (including phenoxy) is 1. The number of rotatable bonds is 8. The van der Waals surface area contributed by atoms with Crippen LogP contribution in [0.2, 0.25) is 5.02 Å². The van der Waals surface area contributed by atoms with Crippen LogP contribution < -0.4 is 4.74 Å². The van der Waals surface area contributed by atoms with Crippen LogP contribution in [0.25, 0.3) is 0 Å². The summed E-state index contributed by atoms with van der Waals surface area (Å²) < 4.78 is 20.3. The molecule has 0 bridgehead atoms. The van der Waals surface area contributed by atoms with E-state index in [1.54, 1.807) is 0 Å². The van der Waals surface area contributed by atoms with Crippen molar-refractivity contribution >= 4 is 23.4 Å². The fraction of sp³-hybridized carbons (Fsp3) is 0.429. The lowest BCUT2D eigenvalue weighted by molar-refractivity contribution is 0.263. The number of aromatic nitrogens is 3. The Kier molecular flexibility index (Phi) is 6.48. The number of hydrogen-bond acceptors (Lipinski definition) is 5. The highest BCUT2D eigenvalue weighted by Gasteiger charge is 2.11. The van der Waals surface area contributed by atoms with Gasteiger partial charge >= 0.3 is 0 Å². The van der Waals surface area contributed by atoms with Crippen molar-refractivity contribution in [1.29, 1.82) is 0 Å². The molecule has 0 amide bonds. The Morgan fingerprint density at radius 2 is 2.23 bits per heavy atom. The van der Waals surface area contributed by atoms with E-state index in [4.69, 9.17) is 16.3 Å². The molecule has 0 aliphatic heterocycles. The van der Waals surface area contributed by atoms with E-state index in [1.165, 1.54) is 30.0 Å². The minimum atomic E-state index is -0.393. The monoisotopic (exact) mass is 345 g/mol. The standard InChI is InChI=1S/C14H17ClFN3O2S/c1-2-5-19-13(9-20)17-18-14(19)22-7-6-21-12-4-3-10(16)8-11(12)15/h3-4,8,20H,2,5-7,9H2,1H3. The second kappa shape index (κ2) is 8.36. The molecule has 0 unspecified atom stereocenters. The van der Waals surface area contributed by atoms with E-state index in [0.29, 0.717) is 23.9 Å². The Bertz CT molecular complexity index is 624. The maximum Gasteiger partial charge on any atom is 0.191 e. The molecule has 0 radical (unpaired) electrons. The van der Waals surface area contributed by atoms with Gasteiger partial charge in [-0.05, 0) is 24.6 Å². The molecule has 2 aromatic rings. The van der Waals surface area contributed by atoms with E-state index in [1.807, 2.05) is 4.57 Å². The molecule has 8 heteroatoms. The highest BCUT2D eigenvalue weighted by atomic mass is 35.5. The molecule has 1 aromatic carbocycles. The number of halogens is 2. The quantitative estimate of drug-likeness (QED) is 0.588. The first-order valence-electron chi connectivity index (χ1n) is 6.89. The van der Waals surface area contributed by atoms with Crippen LogP contribution in [-0.2, 0) is 13.2 Å². The van der Waals surface area contributed by atoms with E-state index in [-0.39, 0.29) is 11.6 Å². The van der Waals surface area contributed by atoms with E-state index < -0.39 is 5.82 Å². The van der Waals surface area contributed by atoms with Gasteiger partial charge in [0.05, 0.1) is 11.6 Å². The normalized spacial score (nSPS) is 10.9. The summed E-state index contributed by atoms with van der Waals surface area (Å²) >= 11 is 7.38. The molecule has 0 saturated carbocycles. The van der Waals surface area contributed by atoms with E-state index >= 15 is 0 Å². The lowest BCUT2D eigenvalue weighted by atomic mass is 10.3. The molecule has 2 rings (SSSR count). The number of aliphatic hydroxyl groups is 1. The van der Waals surface area contributed by atoms with Crippen LogP contribution in [0.3, 0.4) is 0 Å². The summed E-state index contributed by atoms with van der Waals surface area (Å²) in [5.41, 5.74) is 0. The van der Waals surface area contributed by atoms with Crippen molar-refractivity contribution < 1.29 is 14.2 Å². The molecule has 1 aromatic heterocycles. The van der Waals surface area contributed by atoms with Gasteiger partial charge in [-0.3, -0.25) is 0 Å². The van der Waals surface area contributed by atoms with E-state index in [9.17, 15) is 9.50 Å². The summed E-state index contributed by atoms with van der Waals surface area (Å²) in [7, 11) is 0. The van der Waals surface area contributed by atoms with E-state index in [0.717, 1.165) is 18.1 Å². The van der Waals surface area contributed by atoms with Crippen LogP contribution >= 0.6 is 23.4 Å². The highest BCUT2D eigenvalue weighted by Crippen LogP contribution is 2.25. The molecular formula is C14H17ClFN3O2S. The molecule has 120 valence electrons. The van der Waals surface area contributed by atoms with Gasteiger partial charge in [-0.2, -0.15) is 0 Å². The average molecular weight is 346 g/mol. The summed E-state index contributed by atoms with van der Waals surface area (Å²) in [6, 6.07) is 4.03. The largest absolute Gasteiger partial charge is 0.491 e. The zero-order chi connectivity index (χ0) is 15.9. The van der Waals surface area contributed by atoms with Crippen molar-refractivity contribution in [2.45, 2.75) is 31.7 Å². The maximum atomic E-state index is 12.9. The minimum Gasteiger partial charge on any atom is -0.491 e. The predicted molar refractivity (Wildman–Crippen MR) is 83.9 cm³/mol. The first-order valence-corrected chi connectivity index (χ1v) is 8.25. The van der Waals surface area contributed by atoms with Crippen LogP contribution in [0.15, 0.2) is 23.4 Å². The fourth-order valence-corrected chi connectivity index (χ4v) is 2.89. The second-order valence-corrected chi connectivity index (χ2v) is 5.95. The predicted octanol–water partition coefficient (Wildman–Crippen LogP) is 3.14. The molecule has 0 aliphatic carbocycles. The van der Waals surface area contributed by atoms with Crippen molar-refractivity contribution in [3.05, 3.63) is 34.9 Å². The van der Waals surface area contributed by atoms with Gasteiger partial charge in [0.1, 0.15) is 18.2 Å². The smallest absolute Gasteiger partial charge is 0.191 e. The third-order valence-electron chi connectivity index (χ3n) is 2.85. The van der Waals surface area contributed by atoms with Crippen molar-refractivity contribution in [2.75, 3.05) is 12.4 Å². The maximum absolute atomic E-state index is 12.9. The van der Waals surface area contributed by atoms with Gasteiger partial charge in [0.15, 0.2) is 11.0 Å². The number of nitrogens with zero attached hydrogens (tertiary/aromatic N) is 3. The summed E-state index contributed by atoms with van der Waals surface area (Å²) in [5, 5.41) is 18.2. The molecule has 1 heterocycles. The first kappa shape index (κ1) is 17.1. The Morgan fingerprint density at radius 1 is 1.41 bits per heavy atom. The summed E-state index contributed by atoms with van der Waals surface area (Å²) in [6.45, 7) is 3.09. The highest BCUT2D eigenvalue weighted by molar-refractivity contribution is 7.99. The van der Waals surface area contributed by atoms with Crippen molar-refractivity contribution in [1.82, 2.24) is 14.8 Å². The summed E-state index contributed by atoms with van der Waals surface area (Å²) in [6.07, 6.45) is 0.931. The van der Waals surface area contributed by atoms with Gasteiger partial charge in [0.2, 0.25) is 0 Å². The van der Waals surface area contributed by atoms with Crippen molar-refractivity contribution in [2.24, 2.45) is 0 Å². The Labute approximate surface area is 137 Å². The number of hydrogen-bond donors (Lipinski definition) is 1. The molecule has 0 aliphatic rings. The SMILES string of the molecule is CCCn1c(CO)nnc1SCCOc1ccc(F)cc1Cl. The molecule has 5 nitrogen and oxygen atoms in total. The molecule has 0 fully saturated rings. The number of thioether (sulfide) groups is 1. The Balaban J connectivity index is 1.87. The number of aliphatic hydroxyl groups excluding tert-OH is 1. The number of benzene rings is 1. The summed E-state index contributed by atoms with van der Waals surface area (Å²) in [4.78, 5) is 0. The Morgan fingerprint density at radius 3 is 2.91 bits per heavy atom. The van der Waals surface area contributed by atoms with Crippen LogP contribution in [0, 0.1) is 5.82 Å². The van der Waals surface area contributed by atoms with Gasteiger partial charge in [0, 0.05) is 12.3 Å². The zero-order valence-electron chi connectivity index (χ0n) is 12.1. The topological polar surface area (TPSA) is 60.2 Å². The van der Waals surface area contributed by atoms with Crippen LogP contribution in [0.5, 0.6) is 5.75 Å². The third-order valence-corrected chi connectivity index (χ3v) is 4.07. The van der Waals surface area contributed by atoms with Crippen molar-refractivity contribution in [3.63, 3.8) is 0 Å². The minimum absolute atomic E-state index is 0.130. The Hall–Kier alpha value is -1.31. The average Bonchev–Trinajstić information content (AvgIpc) is 2.88. The molecule has 0 spiro atoms. The lowest BCUT2D eigenvalue weighted by Gasteiger charge is -2.09. The molecule has 0 atom stereocenters. The molecule has 22 heavy (non-hydrogen) atoms.